The van der Waals surface area contributed by atoms with E-state index in [1.165, 1.54) is 10.7 Å². The molecule has 2 aromatic rings. The number of hydrogen-bond acceptors (Lipinski definition) is 5. The van der Waals surface area contributed by atoms with Crippen molar-refractivity contribution in [2.45, 2.75) is 26.8 Å². The van der Waals surface area contributed by atoms with Gasteiger partial charge in [-0.3, -0.25) is 19.6 Å². The van der Waals surface area contributed by atoms with Crippen LogP contribution in [0.5, 0.6) is 5.75 Å². The highest BCUT2D eigenvalue weighted by Crippen LogP contribution is 2.26. The van der Waals surface area contributed by atoms with E-state index in [2.05, 4.69) is 26.3 Å². The molecule has 11 heteroatoms. The van der Waals surface area contributed by atoms with Crippen LogP contribution in [0, 0.1) is 24.0 Å². The number of nitrogens with one attached hydrogen (secondary N) is 1. The number of rotatable bonds is 7. The molecule has 26 heavy (non-hydrogen) atoms. The Hall–Kier alpha value is -2.56. The van der Waals surface area contributed by atoms with Crippen molar-refractivity contribution in [3.8, 4) is 5.75 Å². The van der Waals surface area contributed by atoms with Crippen LogP contribution in [0.2, 0.25) is 0 Å². The summed E-state index contributed by atoms with van der Waals surface area (Å²) in [5.41, 5.74) is 1.14. The number of anilines is 1. The Balaban J connectivity index is 2.17. The lowest BCUT2D eigenvalue weighted by atomic mass is 10.2. The Labute approximate surface area is 155 Å². The number of nitro groups is 1. The van der Waals surface area contributed by atoms with Crippen LogP contribution in [-0.4, -0.2) is 33.6 Å². The van der Waals surface area contributed by atoms with Crippen LogP contribution in [0.15, 0.2) is 22.7 Å². The Bertz CT molecular complexity index is 841. The monoisotopic (exact) mass is 432 g/mol. The number of nitro benzene ring substituents is 1. The summed E-state index contributed by atoms with van der Waals surface area (Å²) in [5.74, 6) is -0.618. The van der Waals surface area contributed by atoms with Crippen molar-refractivity contribution in [2.24, 2.45) is 0 Å². The van der Waals surface area contributed by atoms with Crippen molar-refractivity contribution in [1.29, 1.82) is 0 Å². The van der Waals surface area contributed by atoms with Gasteiger partial charge in [-0.2, -0.15) is 5.10 Å². The van der Waals surface area contributed by atoms with Gasteiger partial charge in [-0.1, -0.05) is 0 Å². The van der Waals surface area contributed by atoms with E-state index in [1.54, 1.807) is 13.8 Å². The number of aryl methyl sites for hydroxylation is 1. The normalized spacial score (nSPS) is 10.8. The average molecular weight is 433 g/mol. The van der Waals surface area contributed by atoms with Crippen LogP contribution in [0.3, 0.4) is 0 Å². The lowest BCUT2D eigenvalue weighted by Crippen LogP contribution is -2.20. The second-order valence-corrected chi connectivity index (χ2v) is 6.16. The zero-order chi connectivity index (χ0) is 19.4. The van der Waals surface area contributed by atoms with E-state index in [9.17, 15) is 23.7 Å². The van der Waals surface area contributed by atoms with E-state index >= 15 is 0 Å². The third kappa shape index (κ3) is 4.97. The summed E-state index contributed by atoms with van der Waals surface area (Å²) >= 11 is 3.35. The number of nitrogens with zero attached hydrogens (tertiary/aromatic N) is 3. The van der Waals surface area contributed by atoms with Gasteiger partial charge in [-0.15, -0.1) is 0 Å². The quantitative estimate of drug-likeness (QED) is 0.533. The Kier molecular flexibility index (Phi) is 6.24. The molecule has 0 atom stereocenters. The van der Waals surface area contributed by atoms with Gasteiger partial charge in [-0.25, -0.2) is 8.78 Å². The van der Waals surface area contributed by atoms with Gasteiger partial charge in [0.2, 0.25) is 5.91 Å². The molecule has 0 aliphatic carbocycles. The topological polar surface area (TPSA) is 99.3 Å². The number of amides is 1. The first-order valence-electron chi connectivity index (χ1n) is 7.37. The lowest BCUT2D eigenvalue weighted by Gasteiger charge is -2.10. The molecule has 1 aromatic heterocycles. The number of aromatic nitrogens is 2. The summed E-state index contributed by atoms with van der Waals surface area (Å²) in [5, 5.41) is 17.7. The summed E-state index contributed by atoms with van der Waals surface area (Å²) in [6.07, 6.45) is -2.73. The fraction of sp³-hybridized carbons (Fsp3) is 0.333. The molecule has 0 spiro atoms. The minimum Gasteiger partial charge on any atom is -0.487 e. The lowest BCUT2D eigenvalue weighted by molar-refractivity contribution is -0.384. The minimum absolute atomic E-state index is 0.0639. The Morgan fingerprint density at radius 1 is 1.42 bits per heavy atom. The van der Waals surface area contributed by atoms with E-state index in [0.29, 0.717) is 5.69 Å². The van der Waals surface area contributed by atoms with Crippen molar-refractivity contribution >= 4 is 33.2 Å². The smallest absolute Gasteiger partial charge is 0.275 e. The molecule has 1 aromatic carbocycles. The Morgan fingerprint density at radius 3 is 2.65 bits per heavy atom. The zero-order valence-electron chi connectivity index (χ0n) is 13.8. The molecule has 0 fully saturated rings. The molecule has 0 aliphatic heterocycles. The highest BCUT2D eigenvalue weighted by molar-refractivity contribution is 9.10. The first-order valence-corrected chi connectivity index (χ1v) is 8.16. The van der Waals surface area contributed by atoms with Gasteiger partial charge in [0.15, 0.2) is 0 Å². The number of ether oxygens (including phenoxy) is 1. The maximum Gasteiger partial charge on any atom is 0.275 e. The van der Waals surface area contributed by atoms with Crippen LogP contribution in [0.4, 0.5) is 20.2 Å². The van der Waals surface area contributed by atoms with Crippen LogP contribution < -0.4 is 10.1 Å². The standard InChI is InChI=1S/C15H15BrF2N4O4/c1-8-15(16)9(2)21(20-8)6-14(23)19-10-3-11(22(24)25)5-12(4-10)26-7-13(17)18/h3-5,13H,6-7H2,1-2H3,(H,19,23). The van der Waals surface area contributed by atoms with Gasteiger partial charge in [0.05, 0.1) is 32.5 Å². The fourth-order valence-corrected chi connectivity index (χ4v) is 2.45. The number of carbonyl (C=O) groups is 1. The van der Waals surface area contributed by atoms with Crippen LogP contribution in [0.25, 0.3) is 0 Å². The molecular weight excluding hydrogens is 418 g/mol. The third-order valence-electron chi connectivity index (χ3n) is 3.35. The molecule has 0 radical (unpaired) electrons. The van der Waals surface area contributed by atoms with Crippen LogP contribution >= 0.6 is 15.9 Å². The summed E-state index contributed by atoms with van der Waals surface area (Å²) in [6, 6.07) is 3.37. The largest absolute Gasteiger partial charge is 0.487 e. The molecule has 8 nitrogen and oxygen atoms in total. The van der Waals surface area contributed by atoms with Crippen molar-refractivity contribution in [3.05, 3.63) is 44.2 Å². The Morgan fingerprint density at radius 2 is 2.12 bits per heavy atom. The molecule has 0 unspecified atom stereocenters. The molecule has 0 saturated heterocycles. The highest BCUT2D eigenvalue weighted by Gasteiger charge is 2.16. The molecule has 1 N–H and O–H groups in total. The van der Waals surface area contributed by atoms with E-state index in [1.807, 2.05) is 0 Å². The van der Waals surface area contributed by atoms with Gasteiger partial charge in [0.1, 0.15) is 18.9 Å². The van der Waals surface area contributed by atoms with Gasteiger partial charge in [0.25, 0.3) is 12.1 Å². The molecule has 1 amide bonds. The fourth-order valence-electron chi connectivity index (χ4n) is 2.17. The predicted octanol–water partition coefficient (Wildman–Crippen LogP) is 3.45. The number of halogens is 3. The van der Waals surface area contributed by atoms with Crippen molar-refractivity contribution in [2.75, 3.05) is 11.9 Å². The average Bonchev–Trinajstić information content (AvgIpc) is 2.79. The second-order valence-electron chi connectivity index (χ2n) is 5.37. The van der Waals surface area contributed by atoms with E-state index < -0.39 is 23.9 Å². The number of hydrogen-bond donors (Lipinski definition) is 1. The molecule has 1 heterocycles. The first kappa shape index (κ1) is 19.8. The molecule has 140 valence electrons. The third-order valence-corrected chi connectivity index (χ3v) is 4.50. The number of alkyl halides is 2. The van der Waals surface area contributed by atoms with E-state index in [-0.39, 0.29) is 23.7 Å². The van der Waals surface area contributed by atoms with E-state index in [4.69, 9.17) is 4.74 Å². The van der Waals surface area contributed by atoms with Crippen LogP contribution in [-0.2, 0) is 11.3 Å². The number of non-ortho nitro benzene ring substituents is 1. The van der Waals surface area contributed by atoms with Crippen molar-refractivity contribution in [1.82, 2.24) is 9.78 Å². The number of benzene rings is 1. The van der Waals surface area contributed by atoms with Gasteiger partial charge >= 0.3 is 0 Å². The van der Waals surface area contributed by atoms with Gasteiger partial charge in [-0.05, 0) is 29.8 Å². The van der Waals surface area contributed by atoms with E-state index in [0.717, 1.165) is 22.3 Å². The van der Waals surface area contributed by atoms with Crippen molar-refractivity contribution < 1.29 is 23.2 Å². The van der Waals surface area contributed by atoms with Gasteiger partial charge < -0.3 is 10.1 Å². The highest BCUT2D eigenvalue weighted by atomic mass is 79.9. The summed E-state index contributed by atoms with van der Waals surface area (Å²) in [7, 11) is 0. The first-order chi connectivity index (χ1) is 12.2. The minimum atomic E-state index is -2.73. The molecular formula is C15H15BrF2N4O4. The summed E-state index contributed by atoms with van der Waals surface area (Å²) in [4.78, 5) is 22.5. The SMILES string of the molecule is Cc1nn(CC(=O)Nc2cc(OCC(F)F)cc([N+](=O)[O-])c2)c(C)c1Br. The molecule has 0 saturated carbocycles. The van der Waals surface area contributed by atoms with Crippen molar-refractivity contribution in [3.63, 3.8) is 0 Å². The molecule has 2 rings (SSSR count). The van der Waals surface area contributed by atoms with Gasteiger partial charge in [0, 0.05) is 12.1 Å². The predicted molar refractivity (Wildman–Crippen MR) is 92.6 cm³/mol. The molecule has 0 aliphatic rings. The number of carbonyl (C=O) groups excluding carboxylic acids is 1. The second kappa shape index (κ2) is 8.21. The maximum atomic E-state index is 12.3. The summed E-state index contributed by atoms with van der Waals surface area (Å²) in [6.45, 7) is 2.53. The summed E-state index contributed by atoms with van der Waals surface area (Å²) < 4.78 is 31.6. The maximum absolute atomic E-state index is 12.3. The van der Waals surface area contributed by atoms with Crippen LogP contribution in [0.1, 0.15) is 11.4 Å². The molecule has 0 bridgehead atoms. The zero-order valence-corrected chi connectivity index (χ0v) is 15.4.